The summed E-state index contributed by atoms with van der Waals surface area (Å²) >= 11 is 0. The quantitative estimate of drug-likeness (QED) is 0.643. The van der Waals surface area contributed by atoms with Crippen LogP contribution < -0.4 is 10.4 Å². The number of benzene rings is 2. The van der Waals surface area contributed by atoms with Crippen LogP contribution in [0.5, 0.6) is 0 Å². The van der Waals surface area contributed by atoms with Crippen molar-refractivity contribution in [3.8, 4) is 0 Å². The molecule has 0 amide bonds. The second-order valence-corrected chi connectivity index (χ2v) is 13.0. The van der Waals surface area contributed by atoms with Gasteiger partial charge in [-0.3, -0.25) is 0 Å². The van der Waals surface area contributed by atoms with E-state index in [-0.39, 0.29) is 17.4 Å². The fraction of sp³-hybridized carbons (Fsp3) is 0.500. The third kappa shape index (κ3) is 4.74. The van der Waals surface area contributed by atoms with Crippen LogP contribution in [-0.4, -0.2) is 33.9 Å². The minimum atomic E-state index is -2.50. The highest BCUT2D eigenvalue weighted by atomic mass is 28.4. The van der Waals surface area contributed by atoms with Crippen LogP contribution in [0.4, 0.5) is 0 Å². The van der Waals surface area contributed by atoms with Crippen LogP contribution in [0, 0.1) is 0 Å². The largest absolute Gasteiger partial charge is 0.405 e. The summed E-state index contributed by atoms with van der Waals surface area (Å²) in [5, 5.41) is 2.58. The Morgan fingerprint density at radius 1 is 0.964 bits per heavy atom. The molecule has 1 heterocycles. The minimum absolute atomic E-state index is 0.00949. The SMILES string of the molecule is CC(CO[Si](c1ccccc1)(c1ccccc1)C(C)(C)C)OC1CCCCO1. The lowest BCUT2D eigenvalue weighted by Crippen LogP contribution is -2.67. The summed E-state index contributed by atoms with van der Waals surface area (Å²) < 4.78 is 18.8. The Labute approximate surface area is 171 Å². The van der Waals surface area contributed by atoms with Crippen LogP contribution >= 0.6 is 0 Å². The molecule has 3 rings (SSSR count). The van der Waals surface area contributed by atoms with Gasteiger partial charge >= 0.3 is 0 Å². The van der Waals surface area contributed by atoms with Crippen molar-refractivity contribution in [2.75, 3.05) is 13.2 Å². The van der Waals surface area contributed by atoms with Gasteiger partial charge < -0.3 is 13.9 Å². The van der Waals surface area contributed by atoms with E-state index in [2.05, 4.69) is 88.4 Å². The van der Waals surface area contributed by atoms with Crippen molar-refractivity contribution >= 4 is 18.7 Å². The van der Waals surface area contributed by atoms with Crippen molar-refractivity contribution in [3.63, 3.8) is 0 Å². The first-order chi connectivity index (χ1) is 13.4. The van der Waals surface area contributed by atoms with Gasteiger partial charge in [0.25, 0.3) is 8.32 Å². The first-order valence-corrected chi connectivity index (χ1v) is 12.4. The molecule has 1 fully saturated rings. The first-order valence-electron chi connectivity index (χ1n) is 10.5. The second-order valence-electron chi connectivity index (χ2n) is 8.72. The zero-order valence-corrected chi connectivity index (χ0v) is 18.7. The van der Waals surface area contributed by atoms with Crippen LogP contribution in [0.2, 0.25) is 5.04 Å². The molecule has 0 aliphatic carbocycles. The molecule has 152 valence electrons. The number of rotatable bonds is 7. The lowest BCUT2D eigenvalue weighted by Gasteiger charge is -2.43. The van der Waals surface area contributed by atoms with E-state index >= 15 is 0 Å². The molecule has 2 aromatic rings. The summed E-state index contributed by atoms with van der Waals surface area (Å²) in [6, 6.07) is 21.5. The summed E-state index contributed by atoms with van der Waals surface area (Å²) in [6.45, 7) is 10.4. The van der Waals surface area contributed by atoms with Gasteiger partial charge in [-0.25, -0.2) is 0 Å². The Balaban J connectivity index is 1.87. The third-order valence-electron chi connectivity index (χ3n) is 5.47. The molecule has 1 aliphatic rings. The van der Waals surface area contributed by atoms with Crippen molar-refractivity contribution in [3.05, 3.63) is 60.7 Å². The maximum absolute atomic E-state index is 6.93. The van der Waals surface area contributed by atoms with Gasteiger partial charge in [-0.15, -0.1) is 0 Å². The minimum Gasteiger partial charge on any atom is -0.405 e. The van der Waals surface area contributed by atoms with Gasteiger partial charge in [0.15, 0.2) is 6.29 Å². The lowest BCUT2D eigenvalue weighted by atomic mass is 10.2. The van der Waals surface area contributed by atoms with Gasteiger partial charge in [-0.05, 0) is 41.6 Å². The van der Waals surface area contributed by atoms with Crippen molar-refractivity contribution < 1.29 is 13.9 Å². The molecule has 2 unspecified atom stereocenters. The normalized spacial score (nSPS) is 19.4. The highest BCUT2D eigenvalue weighted by molar-refractivity contribution is 6.99. The molecule has 0 aromatic heterocycles. The van der Waals surface area contributed by atoms with Gasteiger partial charge in [0, 0.05) is 6.61 Å². The summed E-state index contributed by atoms with van der Waals surface area (Å²) in [5.74, 6) is 0. The third-order valence-corrected chi connectivity index (χ3v) is 10.5. The molecule has 0 N–H and O–H groups in total. The summed E-state index contributed by atoms with van der Waals surface area (Å²) in [7, 11) is -2.50. The maximum atomic E-state index is 6.93. The highest BCUT2D eigenvalue weighted by Gasteiger charge is 2.50. The number of hydrogen-bond donors (Lipinski definition) is 0. The van der Waals surface area contributed by atoms with Crippen molar-refractivity contribution in [1.29, 1.82) is 0 Å². The van der Waals surface area contributed by atoms with E-state index in [1.54, 1.807) is 0 Å². The molecular formula is C24H34O3Si. The van der Waals surface area contributed by atoms with Gasteiger partial charge in [0.1, 0.15) is 0 Å². The Bertz CT molecular complexity index is 666. The van der Waals surface area contributed by atoms with Crippen LogP contribution in [-0.2, 0) is 13.9 Å². The van der Waals surface area contributed by atoms with Gasteiger partial charge in [-0.1, -0.05) is 81.4 Å². The van der Waals surface area contributed by atoms with Crippen molar-refractivity contribution in [1.82, 2.24) is 0 Å². The first kappa shape index (κ1) is 21.3. The van der Waals surface area contributed by atoms with Crippen molar-refractivity contribution in [2.45, 2.75) is 64.4 Å². The van der Waals surface area contributed by atoms with E-state index in [1.807, 2.05) is 0 Å². The van der Waals surface area contributed by atoms with Gasteiger partial charge in [0.05, 0.1) is 12.7 Å². The lowest BCUT2D eigenvalue weighted by molar-refractivity contribution is -0.189. The van der Waals surface area contributed by atoms with E-state index in [1.165, 1.54) is 16.8 Å². The zero-order chi connectivity index (χ0) is 20.0. The van der Waals surface area contributed by atoms with E-state index in [4.69, 9.17) is 13.9 Å². The predicted octanol–water partition coefficient (Wildman–Crippen LogP) is 4.49. The standard InChI is InChI=1S/C24H34O3Si/c1-20(27-23-17-11-12-18-25-23)19-26-28(24(2,3)4,21-13-7-5-8-14-21)22-15-9-6-10-16-22/h5-10,13-16,20,23H,11-12,17-19H2,1-4H3. The molecule has 0 spiro atoms. The molecule has 1 saturated heterocycles. The molecule has 2 aromatic carbocycles. The van der Waals surface area contributed by atoms with E-state index < -0.39 is 8.32 Å². The molecule has 4 heteroatoms. The summed E-state index contributed by atoms with van der Waals surface area (Å²) in [5.41, 5.74) is 0. The second kappa shape index (κ2) is 9.36. The Morgan fingerprint density at radius 3 is 2.00 bits per heavy atom. The maximum Gasteiger partial charge on any atom is 0.261 e. The Hall–Kier alpha value is -1.46. The van der Waals surface area contributed by atoms with Crippen LogP contribution in [0.25, 0.3) is 0 Å². The smallest absolute Gasteiger partial charge is 0.261 e. The van der Waals surface area contributed by atoms with E-state index in [0.717, 1.165) is 19.4 Å². The molecular weight excluding hydrogens is 364 g/mol. The predicted molar refractivity (Wildman–Crippen MR) is 118 cm³/mol. The average molecular weight is 399 g/mol. The van der Waals surface area contributed by atoms with Crippen LogP contribution in [0.1, 0.15) is 47.0 Å². The van der Waals surface area contributed by atoms with E-state index in [0.29, 0.717) is 6.61 Å². The van der Waals surface area contributed by atoms with Gasteiger partial charge in [0.2, 0.25) is 0 Å². The molecule has 0 saturated carbocycles. The molecule has 28 heavy (non-hydrogen) atoms. The Kier molecular flexibility index (Phi) is 7.10. The zero-order valence-electron chi connectivity index (χ0n) is 17.7. The fourth-order valence-electron chi connectivity index (χ4n) is 4.12. The number of ether oxygens (including phenoxy) is 2. The molecule has 1 aliphatic heterocycles. The average Bonchev–Trinajstić information content (AvgIpc) is 2.70. The summed E-state index contributed by atoms with van der Waals surface area (Å²) in [6.07, 6.45) is 3.18. The molecule has 2 atom stereocenters. The molecule has 0 bridgehead atoms. The van der Waals surface area contributed by atoms with E-state index in [9.17, 15) is 0 Å². The highest BCUT2D eigenvalue weighted by Crippen LogP contribution is 2.36. The molecule has 0 radical (unpaired) electrons. The number of hydrogen-bond acceptors (Lipinski definition) is 3. The van der Waals surface area contributed by atoms with Crippen LogP contribution in [0.3, 0.4) is 0 Å². The fourth-order valence-corrected chi connectivity index (χ4v) is 8.76. The molecule has 3 nitrogen and oxygen atoms in total. The van der Waals surface area contributed by atoms with Crippen LogP contribution in [0.15, 0.2) is 60.7 Å². The van der Waals surface area contributed by atoms with Crippen molar-refractivity contribution in [2.24, 2.45) is 0 Å². The topological polar surface area (TPSA) is 27.7 Å². The summed E-state index contributed by atoms with van der Waals surface area (Å²) in [4.78, 5) is 0. The Morgan fingerprint density at radius 2 is 1.54 bits per heavy atom. The monoisotopic (exact) mass is 398 g/mol. The van der Waals surface area contributed by atoms with Gasteiger partial charge in [-0.2, -0.15) is 0 Å².